The van der Waals surface area contributed by atoms with Crippen LogP contribution in [-0.2, 0) is 16.1 Å². The van der Waals surface area contributed by atoms with Crippen molar-refractivity contribution in [3.63, 3.8) is 0 Å². The molecule has 0 saturated heterocycles. The first-order valence-corrected chi connectivity index (χ1v) is 13.3. The molecule has 0 fully saturated rings. The van der Waals surface area contributed by atoms with Crippen molar-refractivity contribution in [1.29, 1.82) is 0 Å². The van der Waals surface area contributed by atoms with Gasteiger partial charge in [-0.15, -0.1) is 11.3 Å². The number of rotatable bonds is 7. The molecule has 0 bridgehead atoms. The van der Waals surface area contributed by atoms with Crippen LogP contribution in [0, 0.1) is 5.82 Å². The normalized spacial score (nSPS) is 15.3. The van der Waals surface area contributed by atoms with Gasteiger partial charge in [0, 0.05) is 10.4 Å². The highest BCUT2D eigenvalue weighted by atomic mass is 32.1. The van der Waals surface area contributed by atoms with E-state index in [1.165, 1.54) is 34.8 Å². The largest absolute Gasteiger partial charge is 0.488 e. The fraction of sp³-hybridized carbons (Fsp3) is 0.179. The van der Waals surface area contributed by atoms with Crippen LogP contribution in [0.25, 0.3) is 6.08 Å². The van der Waals surface area contributed by atoms with Crippen LogP contribution in [0.4, 0.5) is 4.39 Å². The number of halogens is 1. The number of thiazole rings is 1. The number of esters is 1. The summed E-state index contributed by atoms with van der Waals surface area (Å²) in [6.07, 6.45) is 1.78. The van der Waals surface area contributed by atoms with Crippen molar-refractivity contribution in [3.8, 4) is 5.75 Å². The summed E-state index contributed by atoms with van der Waals surface area (Å²) in [6, 6.07) is 16.7. The summed E-state index contributed by atoms with van der Waals surface area (Å²) in [6.45, 7) is 4.00. The zero-order valence-electron chi connectivity index (χ0n) is 20.1. The predicted octanol–water partition coefficient (Wildman–Crippen LogP) is 4.58. The van der Waals surface area contributed by atoms with Crippen LogP contribution in [0.2, 0.25) is 0 Å². The Bertz CT molecular complexity index is 1650. The van der Waals surface area contributed by atoms with Crippen LogP contribution in [0.5, 0.6) is 5.75 Å². The van der Waals surface area contributed by atoms with Crippen molar-refractivity contribution < 1.29 is 18.7 Å². The van der Waals surface area contributed by atoms with Gasteiger partial charge in [0.15, 0.2) is 4.80 Å². The molecule has 0 spiro atoms. The third-order valence-corrected chi connectivity index (χ3v) is 7.75. The Kier molecular flexibility index (Phi) is 7.16. The van der Waals surface area contributed by atoms with Crippen LogP contribution in [0.15, 0.2) is 87.1 Å². The number of ether oxygens (including phenoxy) is 2. The van der Waals surface area contributed by atoms with E-state index in [-0.39, 0.29) is 24.6 Å². The number of allylic oxidation sites excluding steroid dienone is 1. The molecular weight excluding hydrogens is 511 g/mol. The number of carbonyl (C=O) groups is 1. The van der Waals surface area contributed by atoms with Gasteiger partial charge in [-0.25, -0.2) is 14.2 Å². The Balaban J connectivity index is 1.56. The molecule has 1 aliphatic heterocycles. The summed E-state index contributed by atoms with van der Waals surface area (Å²) < 4.78 is 26.6. The van der Waals surface area contributed by atoms with Crippen molar-refractivity contribution in [2.45, 2.75) is 26.5 Å². The minimum atomic E-state index is -0.609. The monoisotopic (exact) mass is 534 g/mol. The van der Waals surface area contributed by atoms with Crippen molar-refractivity contribution in [2.24, 2.45) is 4.99 Å². The zero-order chi connectivity index (χ0) is 25.9. The topological polar surface area (TPSA) is 69.9 Å². The number of benzene rings is 2. The first-order chi connectivity index (χ1) is 18.0. The van der Waals surface area contributed by atoms with Gasteiger partial charge in [0.25, 0.3) is 5.56 Å². The van der Waals surface area contributed by atoms with Gasteiger partial charge in [-0.1, -0.05) is 47.7 Å². The molecule has 5 rings (SSSR count). The number of aromatic nitrogens is 1. The highest BCUT2D eigenvalue weighted by Gasteiger charge is 2.33. The number of hydrogen-bond acceptors (Lipinski definition) is 7. The summed E-state index contributed by atoms with van der Waals surface area (Å²) in [4.78, 5) is 32.6. The van der Waals surface area contributed by atoms with E-state index in [9.17, 15) is 14.0 Å². The van der Waals surface area contributed by atoms with Crippen LogP contribution in [0.3, 0.4) is 0 Å². The second-order valence-corrected chi connectivity index (χ2v) is 10.3. The van der Waals surface area contributed by atoms with Gasteiger partial charge in [-0.3, -0.25) is 9.36 Å². The van der Waals surface area contributed by atoms with E-state index in [2.05, 4.69) is 4.99 Å². The number of carbonyl (C=O) groups excluding carboxylic acids is 1. The standard InChI is InChI=1S/C28H23FN2O4S2/c1-3-34-27(33)24-17(2)30-28-31(25(24)22-9-6-14-36-22)26(32)23(37-28)15-19-7-4-5-8-21(19)35-16-18-10-12-20(29)13-11-18/h4-15,25H,3,16H2,1-2H3/b23-15-/t25-/m1/s1. The van der Waals surface area contributed by atoms with Crippen molar-refractivity contribution >= 4 is 34.7 Å². The molecule has 1 aliphatic rings. The Hall–Kier alpha value is -3.82. The molecule has 2 aromatic heterocycles. The lowest BCUT2D eigenvalue weighted by Gasteiger charge is -2.23. The molecule has 3 heterocycles. The van der Waals surface area contributed by atoms with Gasteiger partial charge >= 0.3 is 5.97 Å². The molecule has 9 heteroatoms. The summed E-state index contributed by atoms with van der Waals surface area (Å²) in [5.41, 5.74) is 2.21. The zero-order valence-corrected chi connectivity index (χ0v) is 21.8. The maximum Gasteiger partial charge on any atom is 0.338 e. The van der Waals surface area contributed by atoms with Gasteiger partial charge in [-0.2, -0.15) is 0 Å². The molecule has 2 aromatic carbocycles. The highest BCUT2D eigenvalue weighted by molar-refractivity contribution is 7.10. The number of thiophene rings is 1. The first-order valence-electron chi connectivity index (χ1n) is 11.7. The van der Waals surface area contributed by atoms with E-state index in [4.69, 9.17) is 9.47 Å². The molecule has 1 atom stereocenters. The summed E-state index contributed by atoms with van der Waals surface area (Å²) in [7, 11) is 0. The minimum Gasteiger partial charge on any atom is -0.488 e. The molecule has 4 aromatic rings. The summed E-state index contributed by atoms with van der Waals surface area (Å²) in [5, 5.41) is 1.91. The lowest BCUT2D eigenvalue weighted by molar-refractivity contribution is -0.139. The lowest BCUT2D eigenvalue weighted by atomic mass is 10.0. The molecule has 0 amide bonds. The molecular formula is C28H23FN2O4S2. The second kappa shape index (κ2) is 10.7. The van der Waals surface area contributed by atoms with E-state index in [1.54, 1.807) is 36.6 Å². The van der Waals surface area contributed by atoms with E-state index in [1.807, 2.05) is 41.8 Å². The lowest BCUT2D eigenvalue weighted by Crippen LogP contribution is -2.39. The van der Waals surface area contributed by atoms with Crippen LogP contribution >= 0.6 is 22.7 Å². The highest BCUT2D eigenvalue weighted by Crippen LogP contribution is 2.33. The summed E-state index contributed by atoms with van der Waals surface area (Å²) in [5.74, 6) is -0.187. The Morgan fingerprint density at radius 1 is 1.14 bits per heavy atom. The Morgan fingerprint density at radius 2 is 1.92 bits per heavy atom. The predicted molar refractivity (Wildman–Crippen MR) is 142 cm³/mol. The van der Waals surface area contributed by atoms with Gasteiger partial charge in [0.1, 0.15) is 24.2 Å². The van der Waals surface area contributed by atoms with Crippen LogP contribution in [0.1, 0.15) is 35.9 Å². The first kappa shape index (κ1) is 24.9. The Labute approximate surface area is 220 Å². The van der Waals surface area contributed by atoms with Crippen molar-refractivity contribution in [3.05, 3.63) is 119 Å². The number of hydrogen-bond donors (Lipinski definition) is 0. The summed E-state index contributed by atoms with van der Waals surface area (Å²) >= 11 is 2.73. The molecule has 6 nitrogen and oxygen atoms in total. The van der Waals surface area contributed by atoms with E-state index in [0.717, 1.165) is 16.0 Å². The molecule has 0 N–H and O–H groups in total. The number of fused-ring (bicyclic) bond motifs is 1. The molecule has 0 unspecified atom stereocenters. The van der Waals surface area contributed by atoms with Gasteiger partial charge in [-0.05, 0) is 55.1 Å². The van der Waals surface area contributed by atoms with Gasteiger partial charge < -0.3 is 9.47 Å². The molecule has 188 valence electrons. The molecule has 0 saturated carbocycles. The number of para-hydroxylation sites is 1. The number of nitrogens with zero attached hydrogens (tertiary/aromatic N) is 2. The maximum atomic E-state index is 13.7. The van der Waals surface area contributed by atoms with Gasteiger partial charge in [0.05, 0.1) is 22.4 Å². The molecule has 0 radical (unpaired) electrons. The average Bonchev–Trinajstić information content (AvgIpc) is 3.52. The van der Waals surface area contributed by atoms with Crippen LogP contribution < -0.4 is 19.6 Å². The van der Waals surface area contributed by atoms with E-state index in [0.29, 0.717) is 26.4 Å². The molecule has 37 heavy (non-hydrogen) atoms. The fourth-order valence-corrected chi connectivity index (χ4v) is 5.98. The second-order valence-electron chi connectivity index (χ2n) is 8.27. The van der Waals surface area contributed by atoms with Crippen molar-refractivity contribution in [1.82, 2.24) is 4.57 Å². The maximum absolute atomic E-state index is 13.7. The van der Waals surface area contributed by atoms with Crippen LogP contribution in [-0.4, -0.2) is 17.1 Å². The third kappa shape index (κ3) is 5.05. The SMILES string of the molecule is CCOC(=O)C1=C(C)N=c2s/c(=C\c3ccccc3OCc3ccc(F)cc3)c(=O)n2[C@@H]1c1cccs1. The van der Waals surface area contributed by atoms with Gasteiger partial charge in [0.2, 0.25) is 0 Å². The van der Waals surface area contributed by atoms with E-state index >= 15 is 0 Å². The minimum absolute atomic E-state index is 0.228. The molecule has 0 aliphatic carbocycles. The Morgan fingerprint density at radius 3 is 2.65 bits per heavy atom. The average molecular weight is 535 g/mol. The smallest absolute Gasteiger partial charge is 0.338 e. The van der Waals surface area contributed by atoms with Crippen molar-refractivity contribution in [2.75, 3.05) is 6.61 Å². The third-order valence-electron chi connectivity index (χ3n) is 5.84. The fourth-order valence-electron chi connectivity index (χ4n) is 4.12. The quantitative estimate of drug-likeness (QED) is 0.326. The van der Waals surface area contributed by atoms with E-state index < -0.39 is 12.0 Å².